The van der Waals surface area contributed by atoms with E-state index in [1.165, 1.54) is 19.2 Å². The first kappa shape index (κ1) is 19.0. The summed E-state index contributed by atoms with van der Waals surface area (Å²) in [6, 6.07) is 11.8. The van der Waals surface area contributed by atoms with E-state index >= 15 is 0 Å². The van der Waals surface area contributed by atoms with Gasteiger partial charge in [-0.3, -0.25) is 9.69 Å². The van der Waals surface area contributed by atoms with Gasteiger partial charge in [0.05, 0.1) is 19.2 Å². The summed E-state index contributed by atoms with van der Waals surface area (Å²) >= 11 is 0. The highest BCUT2D eigenvalue weighted by atomic mass is 19.1. The number of nitrogens with zero attached hydrogens (tertiary/aromatic N) is 1. The molecule has 0 aliphatic heterocycles. The van der Waals surface area contributed by atoms with Crippen molar-refractivity contribution >= 4 is 17.6 Å². The Balaban J connectivity index is 1.66. The average Bonchev–Trinajstić information content (AvgIpc) is 3.49. The number of esters is 1. The second-order valence-corrected chi connectivity index (χ2v) is 6.83. The fourth-order valence-electron chi connectivity index (χ4n) is 2.95. The van der Waals surface area contributed by atoms with Gasteiger partial charge in [0.2, 0.25) is 5.91 Å². The Hall–Kier alpha value is -2.73. The lowest BCUT2D eigenvalue weighted by Gasteiger charge is -2.22. The Morgan fingerprint density at radius 1 is 1.19 bits per heavy atom. The van der Waals surface area contributed by atoms with E-state index in [9.17, 15) is 14.0 Å². The van der Waals surface area contributed by atoms with E-state index in [-0.39, 0.29) is 18.3 Å². The molecule has 1 aliphatic rings. The summed E-state index contributed by atoms with van der Waals surface area (Å²) in [5.74, 6) is -0.856. The third kappa shape index (κ3) is 5.14. The van der Waals surface area contributed by atoms with Gasteiger partial charge in [0, 0.05) is 18.3 Å². The highest BCUT2D eigenvalue weighted by Crippen LogP contribution is 2.28. The first-order chi connectivity index (χ1) is 13.0. The van der Waals surface area contributed by atoms with Gasteiger partial charge in [0.1, 0.15) is 5.82 Å². The van der Waals surface area contributed by atoms with Crippen LogP contribution in [-0.4, -0.2) is 36.5 Å². The first-order valence-corrected chi connectivity index (χ1v) is 8.93. The fraction of sp³-hybridized carbons (Fsp3) is 0.333. The lowest BCUT2D eigenvalue weighted by Crippen LogP contribution is -2.34. The minimum absolute atomic E-state index is 0.144. The highest BCUT2D eigenvalue weighted by Gasteiger charge is 2.30. The maximum atomic E-state index is 13.1. The predicted octanol–water partition coefficient (Wildman–Crippen LogP) is 3.52. The van der Waals surface area contributed by atoms with Crippen LogP contribution in [-0.2, 0) is 16.1 Å². The number of hydrogen-bond acceptors (Lipinski definition) is 4. The van der Waals surface area contributed by atoms with Crippen molar-refractivity contribution in [2.75, 3.05) is 19.0 Å². The number of rotatable bonds is 7. The van der Waals surface area contributed by atoms with Gasteiger partial charge in [-0.15, -0.1) is 0 Å². The normalized spacial score (nSPS) is 13.5. The summed E-state index contributed by atoms with van der Waals surface area (Å²) in [4.78, 5) is 26.4. The molecule has 0 spiro atoms. The molecular weight excluding hydrogens is 347 g/mol. The van der Waals surface area contributed by atoms with Crippen molar-refractivity contribution in [3.8, 4) is 0 Å². The van der Waals surface area contributed by atoms with Crippen LogP contribution in [0.4, 0.5) is 10.1 Å². The Morgan fingerprint density at radius 3 is 2.52 bits per heavy atom. The van der Waals surface area contributed by atoms with Gasteiger partial charge < -0.3 is 10.1 Å². The largest absolute Gasteiger partial charge is 0.465 e. The molecule has 27 heavy (non-hydrogen) atoms. The van der Waals surface area contributed by atoms with Crippen molar-refractivity contribution in [1.82, 2.24) is 4.90 Å². The van der Waals surface area contributed by atoms with Crippen molar-refractivity contribution in [3.05, 3.63) is 65.0 Å². The molecule has 2 aromatic carbocycles. The zero-order valence-corrected chi connectivity index (χ0v) is 15.5. The van der Waals surface area contributed by atoms with Crippen molar-refractivity contribution in [2.45, 2.75) is 32.4 Å². The number of nitrogens with one attached hydrogen (secondary N) is 1. The molecule has 0 bridgehead atoms. The van der Waals surface area contributed by atoms with Crippen molar-refractivity contribution in [2.24, 2.45) is 0 Å². The van der Waals surface area contributed by atoms with E-state index in [0.717, 1.165) is 24.0 Å². The van der Waals surface area contributed by atoms with Crippen LogP contribution in [0.25, 0.3) is 0 Å². The molecular formula is C21H23FN2O3. The van der Waals surface area contributed by atoms with Gasteiger partial charge in [-0.25, -0.2) is 9.18 Å². The van der Waals surface area contributed by atoms with E-state index in [1.54, 1.807) is 30.3 Å². The van der Waals surface area contributed by atoms with Crippen LogP contribution in [0, 0.1) is 12.7 Å². The van der Waals surface area contributed by atoms with Crippen LogP contribution in [0.2, 0.25) is 0 Å². The van der Waals surface area contributed by atoms with E-state index in [2.05, 4.69) is 10.2 Å². The number of carbonyl (C=O) groups excluding carboxylic acids is 2. The van der Waals surface area contributed by atoms with Crippen molar-refractivity contribution < 1.29 is 18.7 Å². The number of amides is 1. The minimum Gasteiger partial charge on any atom is -0.465 e. The molecule has 1 amide bonds. The first-order valence-electron chi connectivity index (χ1n) is 8.93. The standard InChI is InChI=1S/C21H23FN2O3/c1-14-3-6-16(21(26)27-2)11-19(14)23-20(25)13-24(18-9-10-18)12-15-4-7-17(22)8-5-15/h3-8,11,18H,9-10,12-13H2,1-2H3,(H,23,25). The molecule has 0 radical (unpaired) electrons. The van der Waals surface area contributed by atoms with Gasteiger partial charge in [-0.05, 0) is 55.2 Å². The molecule has 6 heteroatoms. The summed E-state index contributed by atoms with van der Waals surface area (Å²) < 4.78 is 17.8. The smallest absolute Gasteiger partial charge is 0.337 e. The molecule has 1 N–H and O–H groups in total. The van der Waals surface area contributed by atoms with Crippen LogP contribution >= 0.6 is 0 Å². The molecule has 1 saturated carbocycles. The second-order valence-electron chi connectivity index (χ2n) is 6.83. The number of hydrogen-bond donors (Lipinski definition) is 1. The van der Waals surface area contributed by atoms with Crippen LogP contribution in [0.3, 0.4) is 0 Å². The van der Waals surface area contributed by atoms with Gasteiger partial charge in [-0.1, -0.05) is 18.2 Å². The van der Waals surface area contributed by atoms with Crippen molar-refractivity contribution in [1.29, 1.82) is 0 Å². The highest BCUT2D eigenvalue weighted by molar-refractivity contribution is 5.96. The maximum Gasteiger partial charge on any atom is 0.337 e. The average molecular weight is 370 g/mol. The topological polar surface area (TPSA) is 58.6 Å². The second kappa shape index (κ2) is 8.31. The van der Waals surface area contributed by atoms with Crippen LogP contribution in [0.1, 0.15) is 34.3 Å². The molecule has 0 unspecified atom stereocenters. The lowest BCUT2D eigenvalue weighted by molar-refractivity contribution is -0.117. The summed E-state index contributed by atoms with van der Waals surface area (Å²) in [5, 5.41) is 2.89. The van der Waals surface area contributed by atoms with Gasteiger partial charge in [-0.2, -0.15) is 0 Å². The Labute approximate surface area is 158 Å². The van der Waals surface area contributed by atoms with Gasteiger partial charge >= 0.3 is 5.97 Å². The molecule has 1 aliphatic carbocycles. The fourth-order valence-corrected chi connectivity index (χ4v) is 2.95. The number of ether oxygens (including phenoxy) is 1. The van der Waals surface area contributed by atoms with Crippen LogP contribution in [0.5, 0.6) is 0 Å². The molecule has 3 rings (SSSR count). The van der Waals surface area contributed by atoms with Crippen LogP contribution in [0.15, 0.2) is 42.5 Å². The van der Waals surface area contributed by atoms with Gasteiger partial charge in [0.25, 0.3) is 0 Å². The Morgan fingerprint density at radius 2 is 1.89 bits per heavy atom. The minimum atomic E-state index is -0.443. The van der Waals surface area contributed by atoms with Crippen molar-refractivity contribution in [3.63, 3.8) is 0 Å². The van der Waals surface area contributed by atoms with Crippen LogP contribution < -0.4 is 5.32 Å². The number of methoxy groups -OCH3 is 1. The number of halogens is 1. The number of carbonyl (C=O) groups is 2. The Bertz CT molecular complexity index is 832. The molecule has 2 aromatic rings. The van der Waals surface area contributed by atoms with Gasteiger partial charge in [0.15, 0.2) is 0 Å². The third-order valence-electron chi connectivity index (χ3n) is 4.64. The third-order valence-corrected chi connectivity index (χ3v) is 4.64. The predicted molar refractivity (Wildman–Crippen MR) is 101 cm³/mol. The zero-order chi connectivity index (χ0) is 19.4. The van der Waals surface area contributed by atoms with E-state index < -0.39 is 5.97 Å². The quantitative estimate of drug-likeness (QED) is 0.758. The lowest BCUT2D eigenvalue weighted by atomic mass is 10.1. The van der Waals surface area contributed by atoms with E-state index in [1.807, 2.05) is 6.92 Å². The number of anilines is 1. The van der Waals surface area contributed by atoms with E-state index in [4.69, 9.17) is 4.74 Å². The molecule has 0 atom stereocenters. The maximum absolute atomic E-state index is 13.1. The molecule has 1 fully saturated rings. The zero-order valence-electron chi connectivity index (χ0n) is 15.5. The molecule has 142 valence electrons. The monoisotopic (exact) mass is 370 g/mol. The summed E-state index contributed by atoms with van der Waals surface area (Å²) in [6.45, 7) is 2.71. The Kier molecular flexibility index (Phi) is 5.86. The summed E-state index contributed by atoms with van der Waals surface area (Å²) in [5.41, 5.74) is 2.83. The molecule has 0 heterocycles. The molecule has 0 saturated heterocycles. The molecule has 5 nitrogen and oxygen atoms in total. The molecule has 0 aromatic heterocycles. The summed E-state index contributed by atoms with van der Waals surface area (Å²) in [7, 11) is 1.32. The number of aryl methyl sites for hydroxylation is 1. The SMILES string of the molecule is COC(=O)c1ccc(C)c(NC(=O)CN(Cc2ccc(F)cc2)C2CC2)c1. The van der Waals surface area contributed by atoms with E-state index in [0.29, 0.717) is 23.8 Å². The summed E-state index contributed by atoms with van der Waals surface area (Å²) in [6.07, 6.45) is 2.12. The number of benzene rings is 2.